The van der Waals surface area contributed by atoms with Crippen LogP contribution >= 0.6 is 7.82 Å². The number of nitrogens with one attached hydrogen (secondary N) is 1. The minimum atomic E-state index is -4.71. The Kier molecular flexibility index (Phi) is 54.5. The third-order valence-electron chi connectivity index (χ3n) is 13.4. The fraction of sp³-hybridized carbons (Fsp3) is 0.706. The number of ether oxygens (including phenoxy) is 1. The zero-order chi connectivity index (χ0) is 57.2. The molecule has 0 spiro atoms. The van der Waals surface area contributed by atoms with Crippen LogP contribution in [0.1, 0.15) is 258 Å². The van der Waals surface area contributed by atoms with Crippen molar-refractivity contribution in [2.75, 3.05) is 40.9 Å². The van der Waals surface area contributed by atoms with Gasteiger partial charge in [0.2, 0.25) is 5.91 Å². The maximum atomic E-state index is 13.6. The number of unbranched alkanes of at least 4 members (excludes halogenated alkanes) is 24. The zero-order valence-corrected chi connectivity index (χ0v) is 52.0. The summed E-state index contributed by atoms with van der Waals surface area (Å²) in [7, 11) is 1.16. The summed E-state index contributed by atoms with van der Waals surface area (Å²) in [4.78, 5) is 40.0. The quantitative estimate of drug-likeness (QED) is 0.0212. The predicted molar refractivity (Wildman–Crippen MR) is 334 cm³/mol. The lowest BCUT2D eigenvalue weighted by Gasteiger charge is -2.30. The van der Waals surface area contributed by atoms with Crippen LogP contribution < -0.4 is 10.2 Å². The molecule has 1 amide bonds. The van der Waals surface area contributed by atoms with E-state index in [-0.39, 0.29) is 24.9 Å². The van der Waals surface area contributed by atoms with E-state index in [2.05, 4.69) is 123 Å². The number of quaternary nitrogens is 1. The monoisotopic (exact) mass is 1110 g/mol. The van der Waals surface area contributed by atoms with Crippen molar-refractivity contribution in [2.24, 2.45) is 0 Å². The molecule has 3 atom stereocenters. The molecule has 9 nitrogen and oxygen atoms in total. The highest BCUT2D eigenvalue weighted by Crippen LogP contribution is 2.38. The minimum absolute atomic E-state index is 0.0321. The van der Waals surface area contributed by atoms with Gasteiger partial charge >= 0.3 is 5.97 Å². The van der Waals surface area contributed by atoms with Gasteiger partial charge in [-0.25, -0.2) is 0 Å². The van der Waals surface area contributed by atoms with Crippen molar-refractivity contribution in [1.82, 2.24) is 5.32 Å². The number of esters is 1. The van der Waals surface area contributed by atoms with Gasteiger partial charge in [-0.2, -0.15) is 0 Å². The van der Waals surface area contributed by atoms with E-state index in [9.17, 15) is 19.0 Å². The van der Waals surface area contributed by atoms with Gasteiger partial charge in [0, 0.05) is 12.8 Å². The van der Waals surface area contributed by atoms with Gasteiger partial charge < -0.3 is 28.5 Å². The molecule has 0 fully saturated rings. The van der Waals surface area contributed by atoms with Crippen molar-refractivity contribution in [1.29, 1.82) is 0 Å². The molecule has 0 aliphatic rings. The van der Waals surface area contributed by atoms with Gasteiger partial charge in [0.25, 0.3) is 7.82 Å². The summed E-state index contributed by atoms with van der Waals surface area (Å²) in [5, 5.41) is 3.02. The van der Waals surface area contributed by atoms with Crippen molar-refractivity contribution in [2.45, 2.75) is 270 Å². The van der Waals surface area contributed by atoms with Crippen LogP contribution in [0.15, 0.2) is 109 Å². The van der Waals surface area contributed by atoms with Crippen molar-refractivity contribution >= 4 is 19.7 Å². The van der Waals surface area contributed by atoms with Crippen LogP contribution in [0.2, 0.25) is 0 Å². The first kappa shape index (κ1) is 74.7. The van der Waals surface area contributed by atoms with Crippen molar-refractivity contribution in [3.05, 3.63) is 109 Å². The Hall–Kier alpha value is -3.33. The Morgan fingerprint density at radius 1 is 0.462 bits per heavy atom. The molecular weight excluding hydrogens is 988 g/mol. The van der Waals surface area contributed by atoms with Gasteiger partial charge in [-0.05, 0) is 109 Å². The third kappa shape index (κ3) is 57.4. The number of nitrogens with zero attached hydrogens (tertiary/aromatic N) is 1. The van der Waals surface area contributed by atoms with Crippen LogP contribution in [-0.2, 0) is 27.9 Å². The van der Waals surface area contributed by atoms with Gasteiger partial charge in [0.1, 0.15) is 19.3 Å². The van der Waals surface area contributed by atoms with Gasteiger partial charge in [0.05, 0.1) is 33.8 Å². The molecule has 78 heavy (non-hydrogen) atoms. The van der Waals surface area contributed by atoms with E-state index in [0.717, 1.165) is 135 Å². The SMILES string of the molecule is CC/C=C\C/C=C\C/C=C\C/C=C\C/C=C\C/C=C\CCCCCCCCC(=O)NC(COP(=O)([O-])OCC[N+](C)(C)C)C(/C=C\CCCCCCCCCCCCC)OC(=O)CCCCCCCCC/C=C/C/C=C/CC. The molecule has 0 saturated carbocycles. The molecule has 0 aromatic rings. The van der Waals surface area contributed by atoms with E-state index in [1.807, 2.05) is 33.3 Å². The number of hydrogen-bond donors (Lipinski definition) is 1. The Labute approximate surface area is 481 Å². The molecule has 0 bridgehead atoms. The molecule has 0 aromatic heterocycles. The minimum Gasteiger partial charge on any atom is -0.756 e. The van der Waals surface area contributed by atoms with Gasteiger partial charge in [0.15, 0.2) is 0 Å². The summed E-state index contributed by atoms with van der Waals surface area (Å²) in [6, 6.07) is -0.907. The number of allylic oxidation sites excluding steroid dienone is 17. The summed E-state index contributed by atoms with van der Waals surface area (Å²) in [5.41, 5.74) is 0. The number of likely N-dealkylation sites (N-methyl/N-ethyl adjacent to an activating group) is 1. The number of carbonyl (C=O) groups is 2. The molecule has 10 heteroatoms. The largest absolute Gasteiger partial charge is 0.756 e. The molecule has 0 aliphatic heterocycles. The number of phosphoric ester groups is 1. The number of amides is 1. The van der Waals surface area contributed by atoms with E-state index < -0.39 is 26.6 Å². The lowest BCUT2D eigenvalue weighted by atomic mass is 10.0. The lowest BCUT2D eigenvalue weighted by Crippen LogP contribution is -2.47. The first-order valence-electron chi connectivity index (χ1n) is 31.7. The smallest absolute Gasteiger partial charge is 0.306 e. The second-order valence-corrected chi connectivity index (χ2v) is 23.6. The zero-order valence-electron chi connectivity index (χ0n) is 51.1. The average molecular weight is 1110 g/mol. The van der Waals surface area contributed by atoms with Crippen LogP contribution in [0.25, 0.3) is 0 Å². The van der Waals surface area contributed by atoms with Gasteiger partial charge in [-0.1, -0.05) is 246 Å². The van der Waals surface area contributed by atoms with Gasteiger partial charge in [-0.3, -0.25) is 14.2 Å². The molecule has 0 aliphatic carbocycles. The van der Waals surface area contributed by atoms with Crippen LogP contribution in [0.4, 0.5) is 0 Å². The van der Waals surface area contributed by atoms with E-state index in [1.165, 1.54) is 77.0 Å². The maximum Gasteiger partial charge on any atom is 0.306 e. The highest BCUT2D eigenvalue weighted by Gasteiger charge is 2.27. The topological polar surface area (TPSA) is 114 Å². The molecule has 1 N–H and O–H groups in total. The first-order chi connectivity index (χ1) is 37.9. The van der Waals surface area contributed by atoms with E-state index in [1.54, 1.807) is 0 Å². The van der Waals surface area contributed by atoms with Crippen LogP contribution in [0.5, 0.6) is 0 Å². The Bertz CT molecular complexity index is 1700. The molecular formula is C68H119N2O7P. The summed E-state index contributed by atoms with van der Waals surface area (Å²) in [6.07, 6.45) is 77.7. The standard InChI is InChI=1S/C68H119N2O7P/c1-7-10-13-16-19-22-25-28-30-31-32-33-34-35-36-37-38-39-40-42-45-48-51-54-57-60-67(71)69-65(64-76-78(73,74)75-63-62-70(4,5)6)66(59-56-53-50-47-44-41-27-24-21-18-15-12-9-3)77-68(72)61-58-55-52-49-46-43-29-26-23-20-17-14-11-8-2/h10-11,13-14,19-20,22-23,28,30,32-33,35-36,38-39,56,59,65-66H,7-9,12,15-18,21,24-27,29,31,34,37,40-55,57-58,60-64H2,1-6H3,(H-,69,71,73,74)/b13-10-,14-11+,22-19-,23-20+,30-28-,33-32-,36-35-,39-38-,59-56-. The number of rotatable bonds is 56. The van der Waals surface area contributed by atoms with Gasteiger partial charge in [-0.15, -0.1) is 0 Å². The van der Waals surface area contributed by atoms with E-state index >= 15 is 0 Å². The lowest BCUT2D eigenvalue weighted by molar-refractivity contribution is -0.870. The normalized spacial score (nSPS) is 14.4. The fourth-order valence-electron chi connectivity index (χ4n) is 8.62. The molecule has 448 valence electrons. The molecule has 0 radical (unpaired) electrons. The second kappa shape index (κ2) is 56.9. The maximum absolute atomic E-state index is 13.6. The number of carbonyl (C=O) groups excluding carboxylic acids is 2. The van der Waals surface area contributed by atoms with E-state index in [0.29, 0.717) is 30.3 Å². The molecule has 0 heterocycles. The highest BCUT2D eigenvalue weighted by atomic mass is 31.2. The molecule has 0 rings (SSSR count). The Morgan fingerprint density at radius 3 is 1.23 bits per heavy atom. The van der Waals surface area contributed by atoms with Crippen molar-refractivity contribution in [3.63, 3.8) is 0 Å². The van der Waals surface area contributed by atoms with E-state index in [4.69, 9.17) is 13.8 Å². The highest BCUT2D eigenvalue weighted by molar-refractivity contribution is 7.45. The summed E-state index contributed by atoms with van der Waals surface area (Å²) in [6.45, 7) is 6.60. The molecule has 0 saturated heterocycles. The van der Waals surface area contributed by atoms with Crippen LogP contribution in [-0.4, -0.2) is 69.4 Å². The number of hydrogen-bond acceptors (Lipinski definition) is 7. The second-order valence-electron chi connectivity index (χ2n) is 22.1. The molecule has 3 unspecified atom stereocenters. The van der Waals surface area contributed by atoms with Crippen molar-refractivity contribution in [3.8, 4) is 0 Å². The molecule has 0 aromatic carbocycles. The Balaban J connectivity index is 5.24. The Morgan fingerprint density at radius 2 is 0.821 bits per heavy atom. The summed E-state index contributed by atoms with van der Waals surface area (Å²) >= 11 is 0. The van der Waals surface area contributed by atoms with Crippen LogP contribution in [0, 0.1) is 0 Å². The third-order valence-corrected chi connectivity index (χ3v) is 14.4. The number of phosphoric acid groups is 1. The predicted octanol–water partition coefficient (Wildman–Crippen LogP) is 19.1. The van der Waals surface area contributed by atoms with Crippen molar-refractivity contribution < 1.29 is 37.3 Å². The summed E-state index contributed by atoms with van der Waals surface area (Å²) < 4.78 is 30.3. The fourth-order valence-corrected chi connectivity index (χ4v) is 9.34. The summed E-state index contributed by atoms with van der Waals surface area (Å²) in [5.74, 6) is -0.572. The first-order valence-corrected chi connectivity index (χ1v) is 33.2. The van der Waals surface area contributed by atoms with Crippen LogP contribution in [0.3, 0.4) is 0 Å². The average Bonchev–Trinajstić information content (AvgIpc) is 3.40.